The molecule has 0 fully saturated rings. The molecule has 0 saturated carbocycles. The van der Waals surface area contributed by atoms with Crippen molar-refractivity contribution in [2.75, 3.05) is 13.2 Å². The van der Waals surface area contributed by atoms with Gasteiger partial charge in [-0.2, -0.15) is 5.26 Å². The average molecular weight is 345 g/mol. The van der Waals surface area contributed by atoms with E-state index in [1.807, 2.05) is 24.3 Å². The molecule has 6 heteroatoms. The topological polar surface area (TPSA) is 71.4 Å². The monoisotopic (exact) mass is 344 g/mol. The lowest BCUT2D eigenvalue weighted by molar-refractivity contribution is -0.120. The second kappa shape index (κ2) is 9.43. The SMILES string of the molecule is N#CCC(=O)NCc1ccc(OCCOc2ccc(Cl)cc2)cc1. The summed E-state index contributed by atoms with van der Waals surface area (Å²) in [6.45, 7) is 1.23. The Balaban J connectivity index is 1.69. The van der Waals surface area contributed by atoms with Crippen LogP contribution in [0, 0.1) is 11.3 Å². The number of benzene rings is 2. The van der Waals surface area contributed by atoms with Crippen molar-refractivity contribution >= 4 is 17.5 Å². The van der Waals surface area contributed by atoms with E-state index < -0.39 is 0 Å². The van der Waals surface area contributed by atoms with Gasteiger partial charge in [-0.3, -0.25) is 4.79 Å². The lowest BCUT2D eigenvalue weighted by Gasteiger charge is -2.09. The first kappa shape index (κ1) is 17.6. The molecule has 0 aliphatic rings. The Morgan fingerprint density at radius 1 is 1.00 bits per heavy atom. The van der Waals surface area contributed by atoms with Crippen LogP contribution in [0.5, 0.6) is 11.5 Å². The van der Waals surface area contributed by atoms with E-state index in [4.69, 9.17) is 26.3 Å². The zero-order valence-electron chi connectivity index (χ0n) is 13.0. The molecule has 2 rings (SSSR count). The van der Waals surface area contributed by atoms with Gasteiger partial charge in [0.1, 0.15) is 31.1 Å². The van der Waals surface area contributed by atoms with Gasteiger partial charge < -0.3 is 14.8 Å². The summed E-state index contributed by atoms with van der Waals surface area (Å²) in [5.74, 6) is 1.19. The van der Waals surface area contributed by atoms with Gasteiger partial charge in [-0.1, -0.05) is 23.7 Å². The van der Waals surface area contributed by atoms with E-state index in [1.165, 1.54) is 0 Å². The zero-order chi connectivity index (χ0) is 17.2. The average Bonchev–Trinajstić information content (AvgIpc) is 2.60. The maximum Gasteiger partial charge on any atom is 0.234 e. The van der Waals surface area contributed by atoms with E-state index in [2.05, 4.69) is 5.32 Å². The van der Waals surface area contributed by atoms with Crippen LogP contribution in [0.2, 0.25) is 5.02 Å². The van der Waals surface area contributed by atoms with Crippen LogP contribution in [-0.4, -0.2) is 19.1 Å². The minimum absolute atomic E-state index is 0.130. The third kappa shape index (κ3) is 6.19. The molecule has 0 aliphatic heterocycles. The minimum atomic E-state index is -0.280. The third-order valence-electron chi connectivity index (χ3n) is 3.09. The number of amides is 1. The molecule has 2 aromatic carbocycles. The standard InChI is InChI=1S/C18H17ClN2O3/c19-15-3-7-17(8-4-15)24-12-11-23-16-5-1-14(2-6-16)13-21-18(22)9-10-20/h1-8H,9,11-13H2,(H,21,22). The van der Waals surface area contributed by atoms with E-state index in [0.29, 0.717) is 24.8 Å². The van der Waals surface area contributed by atoms with Crippen molar-refractivity contribution in [2.24, 2.45) is 0 Å². The van der Waals surface area contributed by atoms with Gasteiger partial charge in [-0.25, -0.2) is 0 Å². The Kier molecular flexibility index (Phi) is 6.93. The molecule has 0 unspecified atom stereocenters. The summed E-state index contributed by atoms with van der Waals surface area (Å²) < 4.78 is 11.1. The number of carbonyl (C=O) groups is 1. The molecular weight excluding hydrogens is 328 g/mol. The molecule has 0 aromatic heterocycles. The number of ether oxygens (including phenoxy) is 2. The van der Waals surface area contributed by atoms with E-state index >= 15 is 0 Å². The molecule has 0 radical (unpaired) electrons. The van der Waals surface area contributed by atoms with E-state index in [-0.39, 0.29) is 12.3 Å². The highest BCUT2D eigenvalue weighted by atomic mass is 35.5. The summed E-state index contributed by atoms with van der Waals surface area (Å²) in [5, 5.41) is 11.7. The fraction of sp³-hybridized carbons (Fsp3) is 0.222. The number of hydrogen-bond donors (Lipinski definition) is 1. The van der Waals surface area contributed by atoms with Gasteiger partial charge >= 0.3 is 0 Å². The van der Waals surface area contributed by atoms with Crippen molar-refractivity contribution in [1.29, 1.82) is 5.26 Å². The van der Waals surface area contributed by atoms with E-state index in [9.17, 15) is 4.79 Å². The van der Waals surface area contributed by atoms with Crippen molar-refractivity contribution in [1.82, 2.24) is 5.32 Å². The first-order valence-electron chi connectivity index (χ1n) is 7.41. The van der Waals surface area contributed by atoms with Gasteiger partial charge in [0.2, 0.25) is 5.91 Å². The molecule has 124 valence electrons. The Hall–Kier alpha value is -2.71. The third-order valence-corrected chi connectivity index (χ3v) is 3.34. The minimum Gasteiger partial charge on any atom is -0.490 e. The molecule has 1 N–H and O–H groups in total. The number of nitrogens with zero attached hydrogens (tertiary/aromatic N) is 1. The highest BCUT2D eigenvalue weighted by molar-refractivity contribution is 6.30. The molecule has 2 aromatic rings. The van der Waals surface area contributed by atoms with Gasteiger partial charge in [0.25, 0.3) is 0 Å². The van der Waals surface area contributed by atoms with Gasteiger partial charge in [0, 0.05) is 11.6 Å². The molecule has 0 atom stereocenters. The molecule has 24 heavy (non-hydrogen) atoms. The predicted octanol–water partition coefficient (Wildman–Crippen LogP) is 3.33. The molecule has 0 bridgehead atoms. The Labute approximate surface area is 145 Å². The Morgan fingerprint density at radius 2 is 1.54 bits per heavy atom. The molecule has 0 heterocycles. The molecule has 0 aliphatic carbocycles. The van der Waals surface area contributed by atoms with Crippen molar-refractivity contribution in [3.05, 3.63) is 59.1 Å². The van der Waals surface area contributed by atoms with Crippen LogP contribution in [-0.2, 0) is 11.3 Å². The quantitative estimate of drug-likeness (QED) is 0.746. The molecular formula is C18H17ClN2O3. The number of carbonyl (C=O) groups excluding carboxylic acids is 1. The smallest absolute Gasteiger partial charge is 0.234 e. The number of halogens is 1. The summed E-state index contributed by atoms with van der Waals surface area (Å²) in [6, 6.07) is 16.3. The first-order chi connectivity index (χ1) is 11.7. The first-order valence-corrected chi connectivity index (χ1v) is 7.79. The van der Waals surface area contributed by atoms with E-state index in [0.717, 1.165) is 17.1 Å². The molecule has 1 amide bonds. The number of nitrogens with one attached hydrogen (secondary N) is 1. The summed E-state index contributed by atoms with van der Waals surface area (Å²) in [6.07, 6.45) is -0.130. The maximum atomic E-state index is 11.2. The fourth-order valence-corrected chi connectivity index (χ4v) is 2.01. The van der Waals surface area contributed by atoms with Crippen molar-refractivity contribution < 1.29 is 14.3 Å². The number of nitriles is 1. The lowest BCUT2D eigenvalue weighted by atomic mass is 10.2. The van der Waals surface area contributed by atoms with Crippen LogP contribution < -0.4 is 14.8 Å². The lowest BCUT2D eigenvalue weighted by Crippen LogP contribution is -2.21. The Morgan fingerprint density at radius 3 is 2.08 bits per heavy atom. The summed E-state index contributed by atoms with van der Waals surface area (Å²) in [4.78, 5) is 11.2. The largest absolute Gasteiger partial charge is 0.490 e. The van der Waals surface area contributed by atoms with Crippen LogP contribution in [0.4, 0.5) is 0 Å². The van der Waals surface area contributed by atoms with Crippen LogP contribution in [0.3, 0.4) is 0 Å². The Bertz CT molecular complexity index is 694. The van der Waals surface area contributed by atoms with Crippen molar-refractivity contribution in [3.63, 3.8) is 0 Å². The van der Waals surface area contributed by atoms with Crippen LogP contribution >= 0.6 is 11.6 Å². The van der Waals surface area contributed by atoms with Gasteiger partial charge in [-0.05, 0) is 42.0 Å². The molecule has 0 saturated heterocycles. The highest BCUT2D eigenvalue weighted by Crippen LogP contribution is 2.16. The van der Waals surface area contributed by atoms with Gasteiger partial charge in [0.15, 0.2) is 0 Å². The number of rotatable bonds is 8. The fourth-order valence-electron chi connectivity index (χ4n) is 1.89. The van der Waals surface area contributed by atoms with Gasteiger partial charge in [-0.15, -0.1) is 0 Å². The molecule has 0 spiro atoms. The predicted molar refractivity (Wildman–Crippen MR) is 91.0 cm³/mol. The normalized spacial score (nSPS) is 9.83. The number of hydrogen-bond acceptors (Lipinski definition) is 4. The van der Waals surface area contributed by atoms with Crippen molar-refractivity contribution in [2.45, 2.75) is 13.0 Å². The van der Waals surface area contributed by atoms with E-state index in [1.54, 1.807) is 30.3 Å². The zero-order valence-corrected chi connectivity index (χ0v) is 13.8. The molecule has 5 nitrogen and oxygen atoms in total. The van der Waals surface area contributed by atoms with Crippen LogP contribution in [0.1, 0.15) is 12.0 Å². The van der Waals surface area contributed by atoms with Crippen LogP contribution in [0.15, 0.2) is 48.5 Å². The highest BCUT2D eigenvalue weighted by Gasteiger charge is 2.01. The maximum absolute atomic E-state index is 11.2. The van der Waals surface area contributed by atoms with Crippen molar-refractivity contribution in [3.8, 4) is 17.6 Å². The van der Waals surface area contributed by atoms with Crippen LogP contribution in [0.25, 0.3) is 0 Å². The summed E-state index contributed by atoms with van der Waals surface area (Å²) in [7, 11) is 0. The second-order valence-electron chi connectivity index (χ2n) is 4.91. The summed E-state index contributed by atoms with van der Waals surface area (Å²) >= 11 is 5.80. The van der Waals surface area contributed by atoms with Gasteiger partial charge in [0.05, 0.1) is 6.07 Å². The summed E-state index contributed by atoms with van der Waals surface area (Å²) in [5.41, 5.74) is 0.936. The second-order valence-corrected chi connectivity index (χ2v) is 5.34.